The molecule has 0 heterocycles. The maximum Gasteiger partial charge on any atom is 0.163 e. The molecule has 0 aliphatic rings. The van der Waals surface area contributed by atoms with Gasteiger partial charge in [0.1, 0.15) is 11.5 Å². The van der Waals surface area contributed by atoms with Gasteiger partial charge in [-0.2, -0.15) is 0 Å². The molecule has 0 bridgehead atoms. The van der Waals surface area contributed by atoms with E-state index in [0.717, 1.165) is 4.47 Å². The van der Waals surface area contributed by atoms with Crippen molar-refractivity contribution < 1.29 is 19.1 Å². The molecule has 23 heavy (non-hydrogen) atoms. The molecular weight excluding hydrogens is 360 g/mol. The zero-order chi connectivity index (χ0) is 17.4. The number of hydrogen-bond donors (Lipinski definition) is 0. The highest BCUT2D eigenvalue weighted by Crippen LogP contribution is 2.23. The lowest BCUT2D eigenvalue weighted by molar-refractivity contribution is 0.100. The molecule has 2 aromatic rings. The molecule has 5 heteroatoms. The molecule has 2 rings (SSSR count). The molecule has 0 amide bonds. The van der Waals surface area contributed by atoms with E-state index in [2.05, 4.69) is 15.9 Å². The Morgan fingerprint density at radius 1 is 0.826 bits per heavy atom. The second-order valence-electron chi connectivity index (χ2n) is 4.66. The van der Waals surface area contributed by atoms with Crippen LogP contribution < -0.4 is 9.47 Å². The van der Waals surface area contributed by atoms with Gasteiger partial charge in [0, 0.05) is 4.47 Å². The van der Waals surface area contributed by atoms with Crippen molar-refractivity contribution in [3.05, 3.63) is 58.1 Å². The van der Waals surface area contributed by atoms with Crippen LogP contribution in [-0.4, -0.2) is 25.8 Å². The van der Waals surface area contributed by atoms with Gasteiger partial charge in [-0.05, 0) is 44.2 Å². The number of carbonyl (C=O) groups excluding carboxylic acids is 2. The van der Waals surface area contributed by atoms with E-state index in [1.165, 1.54) is 13.8 Å². The van der Waals surface area contributed by atoms with Gasteiger partial charge in [0.25, 0.3) is 0 Å². The first-order valence-electron chi connectivity index (χ1n) is 6.89. The van der Waals surface area contributed by atoms with Crippen molar-refractivity contribution in [3.8, 4) is 11.5 Å². The van der Waals surface area contributed by atoms with E-state index in [1.54, 1.807) is 38.5 Å². The smallest absolute Gasteiger partial charge is 0.163 e. The Labute approximate surface area is 144 Å². The third kappa shape index (κ3) is 5.53. The fraction of sp³-hybridized carbons (Fsp3) is 0.222. The SMILES string of the molecule is COc1ccc(Br)cc1C(C)=O.COc1ccccc1C(C)=O. The fourth-order valence-corrected chi connectivity index (χ4v) is 2.25. The Morgan fingerprint density at radius 2 is 1.35 bits per heavy atom. The van der Waals surface area contributed by atoms with Gasteiger partial charge in [-0.15, -0.1) is 0 Å². The summed E-state index contributed by atoms with van der Waals surface area (Å²) in [7, 11) is 3.11. The molecule has 0 radical (unpaired) electrons. The van der Waals surface area contributed by atoms with Gasteiger partial charge in [-0.1, -0.05) is 28.1 Å². The van der Waals surface area contributed by atoms with E-state index >= 15 is 0 Å². The van der Waals surface area contributed by atoms with Crippen LogP contribution in [0.25, 0.3) is 0 Å². The highest BCUT2D eigenvalue weighted by Gasteiger charge is 2.07. The van der Waals surface area contributed by atoms with Gasteiger partial charge in [0.15, 0.2) is 11.6 Å². The molecule has 0 aliphatic carbocycles. The van der Waals surface area contributed by atoms with Crippen molar-refractivity contribution in [3.63, 3.8) is 0 Å². The van der Waals surface area contributed by atoms with Crippen LogP contribution in [0, 0.1) is 0 Å². The topological polar surface area (TPSA) is 52.6 Å². The molecule has 0 atom stereocenters. The summed E-state index contributed by atoms with van der Waals surface area (Å²) in [6, 6.07) is 12.5. The van der Waals surface area contributed by atoms with Gasteiger partial charge in [-0.25, -0.2) is 0 Å². The van der Waals surface area contributed by atoms with Crippen molar-refractivity contribution >= 4 is 27.5 Å². The monoisotopic (exact) mass is 378 g/mol. The van der Waals surface area contributed by atoms with Gasteiger partial charge in [-0.3, -0.25) is 9.59 Å². The van der Waals surface area contributed by atoms with E-state index < -0.39 is 0 Å². The Balaban J connectivity index is 0.000000231. The Morgan fingerprint density at radius 3 is 1.83 bits per heavy atom. The van der Waals surface area contributed by atoms with Crippen LogP contribution in [-0.2, 0) is 0 Å². The van der Waals surface area contributed by atoms with E-state index in [9.17, 15) is 9.59 Å². The van der Waals surface area contributed by atoms with Crippen LogP contribution in [0.4, 0.5) is 0 Å². The number of halogens is 1. The van der Waals surface area contributed by atoms with Crippen molar-refractivity contribution in [2.45, 2.75) is 13.8 Å². The molecule has 2 aromatic carbocycles. The summed E-state index contributed by atoms with van der Waals surface area (Å²) >= 11 is 3.29. The summed E-state index contributed by atoms with van der Waals surface area (Å²) in [5, 5.41) is 0. The summed E-state index contributed by atoms with van der Waals surface area (Å²) in [6.45, 7) is 3.04. The molecule has 0 fully saturated rings. The van der Waals surface area contributed by atoms with Crippen molar-refractivity contribution in [1.29, 1.82) is 0 Å². The minimum absolute atomic E-state index is 0.00755. The Hall–Kier alpha value is -2.14. The van der Waals surface area contributed by atoms with Gasteiger partial charge in [0.2, 0.25) is 0 Å². The Bertz CT molecular complexity index is 695. The second-order valence-corrected chi connectivity index (χ2v) is 5.57. The van der Waals surface area contributed by atoms with E-state index in [0.29, 0.717) is 22.6 Å². The average Bonchev–Trinajstić information content (AvgIpc) is 2.55. The average molecular weight is 379 g/mol. The lowest BCUT2D eigenvalue weighted by Gasteiger charge is -2.04. The minimum Gasteiger partial charge on any atom is -0.496 e. The number of ether oxygens (including phenoxy) is 2. The fourth-order valence-electron chi connectivity index (χ4n) is 1.89. The molecule has 0 saturated heterocycles. The number of Topliss-reactive ketones (excluding diaryl/α,β-unsaturated/α-hetero) is 2. The number of methoxy groups -OCH3 is 2. The predicted molar refractivity (Wildman–Crippen MR) is 93.7 cm³/mol. The van der Waals surface area contributed by atoms with E-state index in [-0.39, 0.29) is 11.6 Å². The molecule has 0 unspecified atom stereocenters. The summed E-state index contributed by atoms with van der Waals surface area (Å²) in [4.78, 5) is 22.0. The number of hydrogen-bond acceptors (Lipinski definition) is 4. The molecule has 0 aliphatic heterocycles. The number of carbonyl (C=O) groups is 2. The second kappa shape index (κ2) is 9.10. The van der Waals surface area contributed by atoms with Crippen molar-refractivity contribution in [1.82, 2.24) is 0 Å². The lowest BCUT2D eigenvalue weighted by atomic mass is 10.1. The number of rotatable bonds is 4. The third-order valence-corrected chi connectivity index (χ3v) is 3.52. The first-order valence-corrected chi connectivity index (χ1v) is 7.68. The maximum absolute atomic E-state index is 11.1. The lowest BCUT2D eigenvalue weighted by Crippen LogP contribution is -1.96. The van der Waals surface area contributed by atoms with Crippen LogP contribution in [0.5, 0.6) is 11.5 Å². The summed E-state index contributed by atoms with van der Waals surface area (Å²) in [6.07, 6.45) is 0. The van der Waals surface area contributed by atoms with Gasteiger partial charge in [0.05, 0.1) is 25.3 Å². The molecule has 0 aromatic heterocycles. The van der Waals surface area contributed by atoms with Crippen molar-refractivity contribution in [2.24, 2.45) is 0 Å². The molecule has 4 nitrogen and oxygen atoms in total. The first kappa shape index (κ1) is 18.9. The van der Waals surface area contributed by atoms with Gasteiger partial charge < -0.3 is 9.47 Å². The van der Waals surface area contributed by atoms with Crippen LogP contribution >= 0.6 is 15.9 Å². The van der Waals surface area contributed by atoms with Crippen LogP contribution in [0.15, 0.2) is 46.9 Å². The largest absolute Gasteiger partial charge is 0.496 e. The molecule has 0 saturated carbocycles. The van der Waals surface area contributed by atoms with Crippen LogP contribution in [0.2, 0.25) is 0 Å². The molecule has 0 spiro atoms. The predicted octanol–water partition coefficient (Wildman–Crippen LogP) is 4.56. The summed E-state index contributed by atoms with van der Waals surface area (Å²) in [5.41, 5.74) is 1.24. The van der Waals surface area contributed by atoms with Gasteiger partial charge >= 0.3 is 0 Å². The normalized spacial score (nSPS) is 9.43. The third-order valence-electron chi connectivity index (χ3n) is 3.03. The first-order chi connectivity index (χ1) is 10.9. The van der Waals surface area contributed by atoms with Crippen LogP contribution in [0.3, 0.4) is 0 Å². The zero-order valence-electron chi connectivity index (χ0n) is 13.6. The van der Waals surface area contributed by atoms with E-state index in [4.69, 9.17) is 9.47 Å². The number of para-hydroxylation sites is 1. The van der Waals surface area contributed by atoms with Crippen molar-refractivity contribution in [2.75, 3.05) is 14.2 Å². The zero-order valence-corrected chi connectivity index (χ0v) is 15.1. The number of benzene rings is 2. The standard InChI is InChI=1S/C9H9BrO2.C9H10O2/c1-6(11)8-5-7(10)3-4-9(8)12-2;1-7(10)8-5-3-4-6-9(8)11-2/h3-5H,1-2H3;3-6H,1-2H3. The maximum atomic E-state index is 11.1. The minimum atomic E-state index is 0.00755. The summed E-state index contributed by atoms with van der Waals surface area (Å²) in [5.74, 6) is 1.29. The number of ketones is 2. The van der Waals surface area contributed by atoms with Crippen LogP contribution in [0.1, 0.15) is 34.6 Å². The quantitative estimate of drug-likeness (QED) is 0.731. The van der Waals surface area contributed by atoms with E-state index in [1.807, 2.05) is 18.2 Å². The Kier molecular flexibility index (Phi) is 7.48. The highest BCUT2D eigenvalue weighted by atomic mass is 79.9. The molecular formula is C18H19BrO4. The molecule has 0 N–H and O–H groups in total. The summed E-state index contributed by atoms with van der Waals surface area (Å²) < 4.78 is 10.9. The highest BCUT2D eigenvalue weighted by molar-refractivity contribution is 9.10. The molecule has 122 valence electrons.